The zero-order valence-electron chi connectivity index (χ0n) is 17.7. The van der Waals surface area contributed by atoms with E-state index < -0.39 is 0 Å². The highest BCUT2D eigenvalue weighted by atomic mass is 35.5. The summed E-state index contributed by atoms with van der Waals surface area (Å²) in [4.78, 5) is 32.4. The minimum absolute atomic E-state index is 0.0566. The van der Waals surface area contributed by atoms with Crippen molar-refractivity contribution in [2.45, 2.75) is 44.7 Å². The third kappa shape index (κ3) is 3.97. The quantitative estimate of drug-likeness (QED) is 0.705. The summed E-state index contributed by atoms with van der Waals surface area (Å²) in [5.74, 6) is -0.0475. The molecule has 31 heavy (non-hydrogen) atoms. The number of likely N-dealkylation sites (tertiary alicyclic amines) is 2. The molecular weight excluding hydrogens is 410 g/mol. The van der Waals surface area contributed by atoms with Crippen LogP contribution in [-0.4, -0.2) is 53.8 Å². The molecule has 3 aliphatic rings. The number of nitrogens with zero attached hydrogens (tertiary/aromatic N) is 3. The zero-order valence-corrected chi connectivity index (χ0v) is 18.5. The second-order valence-corrected chi connectivity index (χ2v) is 9.24. The van der Waals surface area contributed by atoms with Gasteiger partial charge in [-0.15, -0.1) is 0 Å². The predicted molar refractivity (Wildman–Crippen MR) is 123 cm³/mol. The lowest BCUT2D eigenvalue weighted by Gasteiger charge is -2.40. The molecule has 3 aliphatic heterocycles. The summed E-state index contributed by atoms with van der Waals surface area (Å²) in [7, 11) is 0. The van der Waals surface area contributed by atoms with Gasteiger partial charge in [0.15, 0.2) is 0 Å². The Labute approximate surface area is 188 Å². The monoisotopic (exact) mass is 437 g/mol. The first-order valence-corrected chi connectivity index (χ1v) is 11.7. The number of carbonyl (C=O) groups is 2. The molecule has 5 nitrogen and oxygen atoms in total. The summed E-state index contributed by atoms with van der Waals surface area (Å²) in [5.41, 5.74) is 2.88. The Balaban J connectivity index is 1.27. The lowest BCUT2D eigenvalue weighted by molar-refractivity contribution is 0.0589. The molecule has 0 atom stereocenters. The molecule has 2 aromatic carbocycles. The largest absolute Gasteiger partial charge is 0.339 e. The molecule has 6 heteroatoms. The standard InChI is InChI=1S/C25H28ClN3O2/c26-22-9-5-7-19-17-29(25(31)23(19)22)21-8-4-6-18(16-21)24(30)28-14-10-20(11-15-28)27-12-2-1-3-13-27/h4-9,16,20H,1-3,10-15,17H2. The van der Waals surface area contributed by atoms with Crippen LogP contribution in [0.2, 0.25) is 5.02 Å². The van der Waals surface area contributed by atoms with Crippen LogP contribution in [-0.2, 0) is 6.54 Å². The van der Waals surface area contributed by atoms with E-state index in [1.54, 1.807) is 11.0 Å². The highest BCUT2D eigenvalue weighted by Crippen LogP contribution is 2.33. The van der Waals surface area contributed by atoms with Gasteiger partial charge in [0, 0.05) is 30.4 Å². The number of piperidine rings is 2. The van der Waals surface area contributed by atoms with Crippen LogP contribution in [0.5, 0.6) is 0 Å². The summed E-state index contributed by atoms with van der Waals surface area (Å²) in [6, 6.07) is 13.6. The van der Waals surface area contributed by atoms with E-state index in [4.69, 9.17) is 11.6 Å². The summed E-state index contributed by atoms with van der Waals surface area (Å²) in [6.45, 7) is 4.49. The fourth-order valence-corrected chi connectivity index (χ4v) is 5.51. The van der Waals surface area contributed by atoms with Crippen LogP contribution in [0, 0.1) is 0 Å². The Hall–Kier alpha value is -2.37. The van der Waals surface area contributed by atoms with Gasteiger partial charge >= 0.3 is 0 Å². The number of hydrogen-bond donors (Lipinski definition) is 0. The Morgan fingerprint density at radius 1 is 0.935 bits per heavy atom. The molecule has 2 saturated heterocycles. The molecule has 2 fully saturated rings. The summed E-state index contributed by atoms with van der Waals surface area (Å²) in [6.07, 6.45) is 6.04. The minimum Gasteiger partial charge on any atom is -0.339 e. The summed E-state index contributed by atoms with van der Waals surface area (Å²) >= 11 is 6.26. The average Bonchev–Trinajstić information content (AvgIpc) is 3.17. The number of halogens is 1. The normalized spacial score (nSPS) is 20.2. The van der Waals surface area contributed by atoms with Crippen molar-refractivity contribution in [3.8, 4) is 0 Å². The minimum atomic E-state index is -0.104. The Morgan fingerprint density at radius 3 is 2.42 bits per heavy atom. The van der Waals surface area contributed by atoms with Gasteiger partial charge in [-0.25, -0.2) is 0 Å². The molecule has 0 saturated carbocycles. The first kappa shape index (κ1) is 20.5. The van der Waals surface area contributed by atoms with Crippen molar-refractivity contribution in [2.75, 3.05) is 31.1 Å². The van der Waals surface area contributed by atoms with E-state index in [9.17, 15) is 9.59 Å². The third-order valence-corrected chi connectivity index (χ3v) is 7.27. The van der Waals surface area contributed by atoms with Gasteiger partial charge in [0.25, 0.3) is 11.8 Å². The van der Waals surface area contributed by atoms with E-state index in [0.717, 1.165) is 37.2 Å². The predicted octanol–water partition coefficient (Wildman–Crippen LogP) is 4.59. The number of amides is 2. The Kier molecular flexibility index (Phi) is 5.72. The van der Waals surface area contributed by atoms with Gasteiger partial charge in [0.2, 0.25) is 0 Å². The third-order valence-electron chi connectivity index (χ3n) is 6.95. The fourth-order valence-electron chi connectivity index (χ4n) is 5.23. The van der Waals surface area contributed by atoms with Crippen molar-refractivity contribution >= 4 is 29.1 Å². The Bertz CT molecular complexity index is 994. The van der Waals surface area contributed by atoms with E-state index in [2.05, 4.69) is 4.90 Å². The maximum Gasteiger partial charge on any atom is 0.260 e. The van der Waals surface area contributed by atoms with E-state index >= 15 is 0 Å². The number of benzene rings is 2. The van der Waals surface area contributed by atoms with Crippen LogP contribution in [0.15, 0.2) is 42.5 Å². The first-order valence-electron chi connectivity index (χ1n) is 11.3. The fraction of sp³-hybridized carbons (Fsp3) is 0.440. The molecule has 0 aromatic heterocycles. The molecule has 162 valence electrons. The van der Waals surface area contributed by atoms with E-state index in [1.807, 2.05) is 41.3 Å². The number of anilines is 1. The molecule has 0 radical (unpaired) electrons. The number of rotatable bonds is 3. The lowest BCUT2D eigenvalue weighted by Crippen LogP contribution is -2.48. The molecule has 0 spiro atoms. The van der Waals surface area contributed by atoms with E-state index in [1.165, 1.54) is 32.4 Å². The second-order valence-electron chi connectivity index (χ2n) is 8.84. The van der Waals surface area contributed by atoms with Gasteiger partial charge in [-0.05, 0) is 68.6 Å². The van der Waals surface area contributed by atoms with Crippen LogP contribution in [0.25, 0.3) is 0 Å². The average molecular weight is 438 g/mol. The van der Waals surface area contributed by atoms with Crippen molar-refractivity contribution < 1.29 is 9.59 Å². The van der Waals surface area contributed by atoms with Crippen LogP contribution in [0.4, 0.5) is 5.69 Å². The Morgan fingerprint density at radius 2 is 1.68 bits per heavy atom. The maximum absolute atomic E-state index is 13.2. The number of carbonyl (C=O) groups excluding carboxylic acids is 2. The van der Waals surface area contributed by atoms with Crippen LogP contribution in [0.3, 0.4) is 0 Å². The molecule has 3 heterocycles. The number of hydrogen-bond acceptors (Lipinski definition) is 3. The highest BCUT2D eigenvalue weighted by molar-refractivity contribution is 6.35. The van der Waals surface area contributed by atoms with Crippen molar-refractivity contribution in [1.82, 2.24) is 9.80 Å². The topological polar surface area (TPSA) is 43.9 Å². The van der Waals surface area contributed by atoms with E-state index in [0.29, 0.717) is 28.7 Å². The van der Waals surface area contributed by atoms with E-state index in [-0.39, 0.29) is 11.8 Å². The van der Waals surface area contributed by atoms with Gasteiger partial charge in [0.1, 0.15) is 0 Å². The zero-order chi connectivity index (χ0) is 21.4. The number of fused-ring (bicyclic) bond motifs is 1. The summed E-state index contributed by atoms with van der Waals surface area (Å²) < 4.78 is 0. The van der Waals surface area contributed by atoms with Crippen molar-refractivity contribution in [2.24, 2.45) is 0 Å². The molecule has 2 amide bonds. The van der Waals surface area contributed by atoms with Gasteiger partial charge < -0.3 is 14.7 Å². The molecular formula is C25H28ClN3O2. The van der Waals surface area contributed by atoms with Crippen LogP contribution >= 0.6 is 11.6 Å². The maximum atomic E-state index is 13.2. The van der Waals surface area contributed by atoms with Gasteiger partial charge in [-0.3, -0.25) is 9.59 Å². The van der Waals surface area contributed by atoms with Crippen molar-refractivity contribution in [3.05, 3.63) is 64.2 Å². The van der Waals surface area contributed by atoms with Gasteiger partial charge in [-0.1, -0.05) is 36.2 Å². The molecule has 2 aromatic rings. The lowest BCUT2D eigenvalue weighted by atomic mass is 9.99. The molecule has 0 aliphatic carbocycles. The van der Waals surface area contributed by atoms with Crippen molar-refractivity contribution in [1.29, 1.82) is 0 Å². The summed E-state index contributed by atoms with van der Waals surface area (Å²) in [5, 5.41) is 0.480. The molecule has 0 unspecified atom stereocenters. The molecule has 0 bridgehead atoms. The van der Waals surface area contributed by atoms with Crippen LogP contribution < -0.4 is 4.90 Å². The molecule has 5 rings (SSSR count). The highest BCUT2D eigenvalue weighted by Gasteiger charge is 2.32. The SMILES string of the molecule is O=C(c1cccc(N2Cc3cccc(Cl)c3C2=O)c1)N1CCC(N2CCCCC2)CC1. The molecule has 0 N–H and O–H groups in total. The second kappa shape index (κ2) is 8.64. The first-order chi connectivity index (χ1) is 15.1. The smallest absolute Gasteiger partial charge is 0.260 e. The van der Waals surface area contributed by atoms with Crippen molar-refractivity contribution in [3.63, 3.8) is 0 Å². The van der Waals surface area contributed by atoms with Gasteiger partial charge in [0.05, 0.1) is 17.1 Å². The van der Waals surface area contributed by atoms with Gasteiger partial charge in [-0.2, -0.15) is 0 Å². The van der Waals surface area contributed by atoms with Crippen LogP contribution in [0.1, 0.15) is 58.4 Å².